The molecule has 0 saturated heterocycles. The molecule has 3 heterocycles. The van der Waals surface area contributed by atoms with Crippen LogP contribution >= 0.6 is 11.6 Å². The van der Waals surface area contributed by atoms with Crippen molar-refractivity contribution in [2.45, 2.75) is 30.7 Å². The number of hydrogen-bond donors (Lipinski definition) is 2. The lowest BCUT2D eigenvalue weighted by Crippen LogP contribution is -2.33. The molecular weight excluding hydrogens is 421 g/mol. The third-order valence-electron chi connectivity index (χ3n) is 6.09. The molecule has 6 nitrogen and oxygen atoms in total. The van der Waals surface area contributed by atoms with E-state index in [0.717, 1.165) is 17.8 Å². The molecule has 2 aliphatic rings. The zero-order chi connectivity index (χ0) is 21.3. The van der Waals surface area contributed by atoms with Crippen molar-refractivity contribution in [1.29, 1.82) is 0 Å². The number of aliphatic hydroxyl groups is 1. The highest BCUT2D eigenvalue weighted by atomic mass is 35.5. The fraction of sp³-hybridized carbons (Fsp3) is 0.350. The highest BCUT2D eigenvalue weighted by Crippen LogP contribution is 2.60. The Morgan fingerprint density at radius 3 is 2.63 bits per heavy atom. The van der Waals surface area contributed by atoms with Crippen LogP contribution in [0.1, 0.15) is 34.3 Å². The van der Waals surface area contributed by atoms with Crippen LogP contribution in [0.2, 0.25) is 5.02 Å². The van der Waals surface area contributed by atoms with E-state index in [1.54, 1.807) is 29.2 Å². The number of rotatable bonds is 3. The number of hydrogen-bond acceptors (Lipinski definition) is 4. The number of halogens is 4. The summed E-state index contributed by atoms with van der Waals surface area (Å²) in [6.45, 7) is 0. The summed E-state index contributed by atoms with van der Waals surface area (Å²) in [7, 11) is 0. The summed E-state index contributed by atoms with van der Waals surface area (Å²) >= 11 is 6.18. The summed E-state index contributed by atoms with van der Waals surface area (Å²) in [6.07, 6.45) is 3.05. The Hall–Kier alpha value is -2.65. The van der Waals surface area contributed by atoms with Gasteiger partial charge in [0, 0.05) is 30.2 Å². The first kappa shape index (κ1) is 19.3. The highest BCUT2D eigenvalue weighted by Gasteiger charge is 2.62. The normalized spacial score (nSPS) is 27.8. The van der Waals surface area contributed by atoms with Gasteiger partial charge in [-0.1, -0.05) is 11.6 Å². The molecule has 0 bridgehead atoms. The highest BCUT2D eigenvalue weighted by molar-refractivity contribution is 6.30. The predicted octanol–water partition coefficient (Wildman–Crippen LogP) is 3.43. The van der Waals surface area contributed by atoms with Gasteiger partial charge in [0.2, 0.25) is 0 Å². The molecule has 2 fully saturated rings. The number of carbonyl (C=O) groups is 1. The van der Waals surface area contributed by atoms with Crippen molar-refractivity contribution in [3.05, 3.63) is 65.0 Å². The van der Waals surface area contributed by atoms with Crippen molar-refractivity contribution in [2.24, 2.45) is 11.8 Å². The number of pyridine rings is 2. The maximum absolute atomic E-state index is 12.8. The summed E-state index contributed by atoms with van der Waals surface area (Å²) < 4.78 is 40.3. The van der Waals surface area contributed by atoms with Gasteiger partial charge in [-0.05, 0) is 36.8 Å². The molecule has 0 unspecified atom stereocenters. The molecule has 3 aromatic rings. The number of alkyl halides is 3. The molecule has 30 heavy (non-hydrogen) atoms. The summed E-state index contributed by atoms with van der Waals surface area (Å²) in [5, 5.41) is 14.5. The van der Waals surface area contributed by atoms with Crippen molar-refractivity contribution in [1.82, 2.24) is 19.7 Å². The molecule has 0 spiro atoms. The van der Waals surface area contributed by atoms with Crippen LogP contribution < -0.4 is 5.32 Å². The van der Waals surface area contributed by atoms with E-state index in [1.165, 1.54) is 0 Å². The molecule has 2 aliphatic carbocycles. The lowest BCUT2D eigenvalue weighted by atomic mass is 9.88. The number of aromatic nitrogens is 3. The smallest absolute Gasteiger partial charge is 0.385 e. The molecular formula is C20H16ClF3N4O2. The Morgan fingerprint density at radius 1 is 1.20 bits per heavy atom. The van der Waals surface area contributed by atoms with Gasteiger partial charge in [-0.15, -0.1) is 0 Å². The lowest BCUT2D eigenvalue weighted by molar-refractivity contribution is -0.137. The van der Waals surface area contributed by atoms with Crippen LogP contribution in [0.4, 0.5) is 13.2 Å². The first-order valence-corrected chi connectivity index (χ1v) is 9.71. The first-order chi connectivity index (χ1) is 14.2. The van der Waals surface area contributed by atoms with Gasteiger partial charge >= 0.3 is 6.18 Å². The number of nitrogens with one attached hydrogen (secondary N) is 1. The third kappa shape index (κ3) is 3.13. The summed E-state index contributed by atoms with van der Waals surface area (Å²) in [5.74, 6) is -0.517. The van der Waals surface area contributed by atoms with Crippen molar-refractivity contribution in [3.8, 4) is 0 Å². The van der Waals surface area contributed by atoms with Gasteiger partial charge in [0.15, 0.2) is 0 Å². The second kappa shape index (κ2) is 6.42. The number of imidazole rings is 1. The van der Waals surface area contributed by atoms with Gasteiger partial charge in [0.1, 0.15) is 0 Å². The van der Waals surface area contributed by atoms with Gasteiger partial charge in [0.25, 0.3) is 5.91 Å². The molecule has 2 N–H and O–H groups in total. The van der Waals surface area contributed by atoms with E-state index in [1.807, 2.05) is 0 Å². The van der Waals surface area contributed by atoms with Crippen LogP contribution in [-0.2, 0) is 11.8 Å². The minimum Gasteiger partial charge on any atom is -0.385 e. The van der Waals surface area contributed by atoms with E-state index in [9.17, 15) is 23.1 Å². The van der Waals surface area contributed by atoms with E-state index in [0.29, 0.717) is 29.6 Å². The first-order valence-electron chi connectivity index (χ1n) is 9.33. The van der Waals surface area contributed by atoms with Gasteiger partial charge in [-0.25, -0.2) is 4.98 Å². The molecule has 5 rings (SSSR count). The molecule has 156 valence electrons. The number of fused-ring (bicyclic) bond motifs is 2. The van der Waals surface area contributed by atoms with E-state index >= 15 is 0 Å². The van der Waals surface area contributed by atoms with E-state index in [-0.39, 0.29) is 23.4 Å². The zero-order valence-corrected chi connectivity index (χ0v) is 16.2. The average molecular weight is 437 g/mol. The van der Waals surface area contributed by atoms with E-state index in [4.69, 9.17) is 11.6 Å². The maximum atomic E-state index is 12.8. The molecule has 0 aliphatic heterocycles. The Morgan fingerprint density at radius 2 is 1.93 bits per heavy atom. The largest absolute Gasteiger partial charge is 0.417 e. The second-order valence-electron chi connectivity index (χ2n) is 7.98. The molecule has 3 aromatic heterocycles. The Balaban J connectivity index is 1.30. The van der Waals surface area contributed by atoms with Crippen molar-refractivity contribution >= 4 is 23.0 Å². The summed E-state index contributed by atoms with van der Waals surface area (Å²) in [5.41, 5.74) is -0.751. The number of nitrogens with zero attached hydrogens (tertiary/aromatic N) is 3. The molecule has 0 radical (unpaired) electrons. The van der Waals surface area contributed by atoms with Crippen LogP contribution in [0.15, 0.2) is 43.2 Å². The molecule has 2 saturated carbocycles. The topological polar surface area (TPSA) is 79.5 Å². The van der Waals surface area contributed by atoms with Crippen LogP contribution in [-0.4, -0.2) is 31.4 Å². The van der Waals surface area contributed by atoms with Gasteiger partial charge in [0.05, 0.1) is 39.8 Å². The molecule has 0 aromatic carbocycles. The fourth-order valence-electron chi connectivity index (χ4n) is 4.62. The van der Waals surface area contributed by atoms with Gasteiger partial charge < -0.3 is 14.8 Å². The fourth-order valence-corrected chi connectivity index (χ4v) is 4.84. The van der Waals surface area contributed by atoms with Crippen molar-refractivity contribution in [3.63, 3.8) is 0 Å². The van der Waals surface area contributed by atoms with Gasteiger partial charge in [-0.2, -0.15) is 13.2 Å². The summed E-state index contributed by atoms with van der Waals surface area (Å²) in [4.78, 5) is 20.0. The standard InChI is InChI=1S/C20H16ClF3N4O2/c21-12-2-15(16-7-26-9-28(16)8-12)19(30)3-13-14(4-19)17(13)27-18(29)10-1-11(6-25-5-10)20(22,23)24/h1-2,5-9,13-14,17,30H,3-4H2,(H,27,29)/t13-,14+,17+,19-. The minimum atomic E-state index is -4.56. The van der Waals surface area contributed by atoms with E-state index < -0.39 is 23.2 Å². The Labute approximate surface area is 173 Å². The quantitative estimate of drug-likeness (QED) is 0.659. The Bertz CT molecular complexity index is 1150. The van der Waals surface area contributed by atoms with Crippen LogP contribution in [0, 0.1) is 11.8 Å². The van der Waals surface area contributed by atoms with Crippen LogP contribution in [0.5, 0.6) is 0 Å². The average Bonchev–Trinajstić information content (AvgIpc) is 3.03. The minimum absolute atomic E-state index is 0.0414. The molecule has 1 amide bonds. The SMILES string of the molecule is O=C(N[C@H]1[C@@H]2C[C@](O)(c3cc(Cl)cn4cncc34)C[C@@H]21)c1cncc(C(F)(F)F)c1. The van der Waals surface area contributed by atoms with Crippen LogP contribution in [0.3, 0.4) is 0 Å². The van der Waals surface area contributed by atoms with Gasteiger partial charge in [-0.3, -0.25) is 9.78 Å². The van der Waals surface area contributed by atoms with Crippen molar-refractivity contribution in [2.75, 3.05) is 0 Å². The second-order valence-corrected chi connectivity index (χ2v) is 8.42. The lowest BCUT2D eigenvalue weighted by Gasteiger charge is -2.27. The number of amides is 1. The predicted molar refractivity (Wildman–Crippen MR) is 101 cm³/mol. The Kier molecular flexibility index (Phi) is 4.14. The maximum Gasteiger partial charge on any atom is 0.417 e. The zero-order valence-electron chi connectivity index (χ0n) is 15.4. The summed E-state index contributed by atoms with van der Waals surface area (Å²) in [6, 6.07) is 2.33. The number of carbonyl (C=O) groups excluding carboxylic acids is 1. The van der Waals surface area contributed by atoms with Crippen LogP contribution in [0.25, 0.3) is 5.52 Å². The van der Waals surface area contributed by atoms with E-state index in [2.05, 4.69) is 15.3 Å². The third-order valence-corrected chi connectivity index (χ3v) is 6.30. The molecule has 10 heteroatoms. The molecule has 4 atom stereocenters. The monoisotopic (exact) mass is 436 g/mol. The van der Waals surface area contributed by atoms with Crippen molar-refractivity contribution < 1.29 is 23.1 Å².